The zero-order chi connectivity index (χ0) is 10.8. The standard InChI is InChI=1S/C10H12N4O/c11-4-7-1-2-9-8(3-7)13-6-14(9)5-10(12)15/h1-3,6H,4-5,11H2,(H2,12,15). The normalized spacial score (nSPS) is 10.7. The first-order chi connectivity index (χ1) is 7.20. The maximum Gasteiger partial charge on any atom is 0.237 e. The molecular weight excluding hydrogens is 192 g/mol. The number of imidazole rings is 1. The zero-order valence-corrected chi connectivity index (χ0v) is 8.18. The van der Waals surface area contributed by atoms with E-state index in [0.717, 1.165) is 16.6 Å². The van der Waals surface area contributed by atoms with Crippen molar-refractivity contribution in [1.29, 1.82) is 0 Å². The van der Waals surface area contributed by atoms with Crippen molar-refractivity contribution < 1.29 is 4.79 Å². The quantitative estimate of drug-likeness (QED) is 0.736. The van der Waals surface area contributed by atoms with Crippen LogP contribution < -0.4 is 11.5 Å². The highest BCUT2D eigenvalue weighted by molar-refractivity contribution is 5.80. The van der Waals surface area contributed by atoms with Crippen LogP contribution in [0.3, 0.4) is 0 Å². The van der Waals surface area contributed by atoms with Gasteiger partial charge in [0.2, 0.25) is 5.91 Å². The molecule has 0 saturated heterocycles. The first-order valence-electron chi connectivity index (χ1n) is 4.63. The maximum atomic E-state index is 10.8. The largest absolute Gasteiger partial charge is 0.368 e. The highest BCUT2D eigenvalue weighted by Gasteiger charge is 2.04. The molecule has 1 aromatic heterocycles. The maximum absolute atomic E-state index is 10.8. The van der Waals surface area contributed by atoms with Gasteiger partial charge in [-0.2, -0.15) is 0 Å². The summed E-state index contributed by atoms with van der Waals surface area (Å²) in [6.07, 6.45) is 1.61. The molecule has 78 valence electrons. The lowest BCUT2D eigenvalue weighted by Crippen LogP contribution is -2.17. The number of hydrogen-bond donors (Lipinski definition) is 2. The van der Waals surface area contributed by atoms with Crippen LogP contribution in [0.1, 0.15) is 5.56 Å². The molecule has 2 aromatic rings. The number of rotatable bonds is 3. The van der Waals surface area contributed by atoms with E-state index in [4.69, 9.17) is 11.5 Å². The van der Waals surface area contributed by atoms with E-state index in [1.165, 1.54) is 0 Å². The smallest absolute Gasteiger partial charge is 0.237 e. The Morgan fingerprint density at radius 1 is 1.47 bits per heavy atom. The van der Waals surface area contributed by atoms with E-state index >= 15 is 0 Å². The van der Waals surface area contributed by atoms with Gasteiger partial charge in [-0.25, -0.2) is 4.98 Å². The molecule has 1 aromatic carbocycles. The van der Waals surface area contributed by atoms with Crippen LogP contribution in [0.2, 0.25) is 0 Å². The molecule has 0 saturated carbocycles. The van der Waals surface area contributed by atoms with E-state index in [0.29, 0.717) is 6.54 Å². The van der Waals surface area contributed by atoms with E-state index in [1.807, 2.05) is 18.2 Å². The summed E-state index contributed by atoms with van der Waals surface area (Å²) in [4.78, 5) is 15.0. The molecule has 0 bridgehead atoms. The van der Waals surface area contributed by atoms with Gasteiger partial charge in [-0.15, -0.1) is 0 Å². The minimum Gasteiger partial charge on any atom is -0.368 e. The second-order valence-corrected chi connectivity index (χ2v) is 3.37. The van der Waals surface area contributed by atoms with Crippen LogP contribution in [0, 0.1) is 0 Å². The van der Waals surface area contributed by atoms with Crippen molar-refractivity contribution in [1.82, 2.24) is 9.55 Å². The van der Waals surface area contributed by atoms with Gasteiger partial charge < -0.3 is 16.0 Å². The van der Waals surface area contributed by atoms with Gasteiger partial charge in [0, 0.05) is 6.54 Å². The van der Waals surface area contributed by atoms with Crippen LogP contribution in [0.25, 0.3) is 11.0 Å². The predicted octanol–water partition coefficient (Wildman–Crippen LogP) is -0.0197. The van der Waals surface area contributed by atoms with Gasteiger partial charge in [0.1, 0.15) is 6.54 Å². The van der Waals surface area contributed by atoms with E-state index in [2.05, 4.69) is 4.98 Å². The topological polar surface area (TPSA) is 86.9 Å². The molecule has 0 radical (unpaired) electrons. The van der Waals surface area contributed by atoms with Gasteiger partial charge >= 0.3 is 0 Å². The van der Waals surface area contributed by atoms with Gasteiger partial charge in [-0.05, 0) is 17.7 Å². The van der Waals surface area contributed by atoms with Gasteiger partial charge in [-0.3, -0.25) is 4.79 Å². The lowest BCUT2D eigenvalue weighted by atomic mass is 10.2. The molecule has 15 heavy (non-hydrogen) atoms. The monoisotopic (exact) mass is 204 g/mol. The number of amides is 1. The lowest BCUT2D eigenvalue weighted by molar-refractivity contribution is -0.118. The number of primary amides is 1. The molecular formula is C10H12N4O. The number of fused-ring (bicyclic) bond motifs is 1. The number of carbonyl (C=O) groups excluding carboxylic acids is 1. The Kier molecular flexibility index (Phi) is 2.39. The van der Waals surface area contributed by atoms with Crippen LogP contribution in [-0.4, -0.2) is 15.5 Å². The van der Waals surface area contributed by atoms with Gasteiger partial charge in [0.05, 0.1) is 17.4 Å². The SMILES string of the molecule is NCc1ccc2c(c1)ncn2CC(N)=O. The minimum absolute atomic E-state index is 0.151. The molecule has 0 unspecified atom stereocenters. The molecule has 0 spiro atoms. The van der Waals surface area contributed by atoms with E-state index in [9.17, 15) is 4.79 Å². The summed E-state index contributed by atoms with van der Waals surface area (Å²) in [5.74, 6) is -0.378. The van der Waals surface area contributed by atoms with Gasteiger partial charge in [0.25, 0.3) is 0 Å². The Balaban J connectivity index is 2.47. The van der Waals surface area contributed by atoms with Crippen molar-refractivity contribution in [2.24, 2.45) is 11.5 Å². The van der Waals surface area contributed by atoms with Gasteiger partial charge in [-0.1, -0.05) is 6.07 Å². The third kappa shape index (κ3) is 1.82. The van der Waals surface area contributed by atoms with Crippen molar-refractivity contribution in [3.63, 3.8) is 0 Å². The number of aromatic nitrogens is 2. The van der Waals surface area contributed by atoms with Crippen molar-refractivity contribution in [2.45, 2.75) is 13.1 Å². The number of nitrogens with two attached hydrogens (primary N) is 2. The lowest BCUT2D eigenvalue weighted by Gasteiger charge is -2.01. The first-order valence-corrected chi connectivity index (χ1v) is 4.63. The average Bonchev–Trinajstić information content (AvgIpc) is 2.60. The summed E-state index contributed by atoms with van der Waals surface area (Å²) >= 11 is 0. The predicted molar refractivity (Wildman–Crippen MR) is 56.8 cm³/mol. The second-order valence-electron chi connectivity index (χ2n) is 3.37. The fraction of sp³-hybridized carbons (Fsp3) is 0.200. The molecule has 0 aliphatic heterocycles. The molecule has 0 aliphatic carbocycles. The molecule has 1 heterocycles. The second kappa shape index (κ2) is 3.70. The summed E-state index contributed by atoms with van der Waals surface area (Å²) in [7, 11) is 0. The third-order valence-electron chi connectivity index (χ3n) is 2.25. The Morgan fingerprint density at radius 3 is 2.93 bits per heavy atom. The third-order valence-corrected chi connectivity index (χ3v) is 2.25. The van der Waals surface area contributed by atoms with E-state index in [-0.39, 0.29) is 12.5 Å². The van der Waals surface area contributed by atoms with Crippen LogP contribution in [0.15, 0.2) is 24.5 Å². The zero-order valence-electron chi connectivity index (χ0n) is 8.18. The molecule has 5 nitrogen and oxygen atoms in total. The van der Waals surface area contributed by atoms with E-state index in [1.54, 1.807) is 10.9 Å². The summed E-state index contributed by atoms with van der Waals surface area (Å²) in [5, 5.41) is 0. The molecule has 0 fully saturated rings. The van der Waals surface area contributed by atoms with Crippen LogP contribution in [0.5, 0.6) is 0 Å². The van der Waals surface area contributed by atoms with Crippen LogP contribution >= 0.6 is 0 Å². The highest BCUT2D eigenvalue weighted by atomic mass is 16.1. The Hall–Kier alpha value is -1.88. The fourth-order valence-electron chi connectivity index (χ4n) is 1.53. The molecule has 4 N–H and O–H groups in total. The fourth-order valence-corrected chi connectivity index (χ4v) is 1.53. The van der Waals surface area contributed by atoms with Crippen molar-refractivity contribution in [2.75, 3.05) is 0 Å². The average molecular weight is 204 g/mol. The van der Waals surface area contributed by atoms with Crippen LogP contribution in [-0.2, 0) is 17.9 Å². The number of nitrogens with zero attached hydrogens (tertiary/aromatic N) is 2. The van der Waals surface area contributed by atoms with Crippen molar-refractivity contribution >= 4 is 16.9 Å². The Labute approximate surface area is 86.7 Å². The molecule has 1 amide bonds. The van der Waals surface area contributed by atoms with Gasteiger partial charge in [0.15, 0.2) is 0 Å². The first kappa shape index (κ1) is 9.67. The summed E-state index contributed by atoms with van der Waals surface area (Å²) in [6.45, 7) is 0.636. The minimum atomic E-state index is -0.378. The van der Waals surface area contributed by atoms with Crippen molar-refractivity contribution in [3.05, 3.63) is 30.1 Å². The highest BCUT2D eigenvalue weighted by Crippen LogP contribution is 2.14. The number of hydrogen-bond acceptors (Lipinski definition) is 3. The van der Waals surface area contributed by atoms with E-state index < -0.39 is 0 Å². The van der Waals surface area contributed by atoms with Crippen LogP contribution in [0.4, 0.5) is 0 Å². The summed E-state index contributed by atoms with van der Waals surface area (Å²) in [6, 6.07) is 5.72. The van der Waals surface area contributed by atoms with Crippen molar-refractivity contribution in [3.8, 4) is 0 Å². The Bertz CT molecular complexity index is 503. The molecule has 0 atom stereocenters. The molecule has 0 aliphatic rings. The molecule has 2 rings (SSSR count). The summed E-state index contributed by atoms with van der Waals surface area (Å²) < 4.78 is 1.72. The summed E-state index contributed by atoms with van der Waals surface area (Å²) in [5.41, 5.74) is 13.4. The molecule has 5 heteroatoms. The number of carbonyl (C=O) groups is 1. The number of benzene rings is 1. The Morgan fingerprint density at radius 2 is 2.27 bits per heavy atom.